The van der Waals surface area contributed by atoms with Crippen molar-refractivity contribution in [1.29, 1.82) is 0 Å². The number of rotatable bonds is 8. The number of amides is 2. The van der Waals surface area contributed by atoms with Gasteiger partial charge in [0.15, 0.2) is 0 Å². The lowest BCUT2D eigenvalue weighted by Gasteiger charge is -2.00. The largest absolute Gasteiger partial charge is 0.322 e. The summed E-state index contributed by atoms with van der Waals surface area (Å²) in [5.41, 5.74) is 3.43. The van der Waals surface area contributed by atoms with Gasteiger partial charge in [0, 0.05) is 33.0 Å². The molecule has 2 heterocycles. The quantitative estimate of drug-likeness (QED) is 0.721. The van der Waals surface area contributed by atoms with Crippen LogP contribution in [-0.2, 0) is 9.59 Å². The van der Waals surface area contributed by atoms with E-state index in [9.17, 15) is 9.59 Å². The predicted octanol–water partition coefficient (Wildman–Crippen LogP) is 3.05. The second-order valence-corrected chi connectivity index (χ2v) is 6.72. The molecular weight excluding hydrogens is 300 g/mol. The second-order valence-electron chi connectivity index (χ2n) is 6.72. The Bertz CT molecular complexity index is 725. The molecule has 128 valence electrons. The van der Waals surface area contributed by atoms with Crippen molar-refractivity contribution in [2.75, 3.05) is 10.6 Å². The molecule has 0 aliphatic carbocycles. The molecule has 1 aromatic rings. The first-order valence-electron chi connectivity index (χ1n) is 9.18. The molecule has 2 aliphatic heterocycles. The zero-order chi connectivity index (χ0) is 17.1. The minimum Gasteiger partial charge on any atom is -0.322 e. The van der Waals surface area contributed by atoms with E-state index in [1.54, 1.807) is 0 Å². The molecule has 2 amide bonds. The monoisotopic (exact) mass is 326 g/mol. The molecule has 0 saturated carbocycles. The van der Waals surface area contributed by atoms with Crippen LogP contribution in [0.1, 0.15) is 65.2 Å². The molecular formula is C20H26N2O2. The maximum atomic E-state index is 12.3. The van der Waals surface area contributed by atoms with E-state index in [2.05, 4.69) is 24.5 Å². The topological polar surface area (TPSA) is 58.2 Å². The Hall–Kier alpha value is -2.10. The summed E-state index contributed by atoms with van der Waals surface area (Å²) in [6.45, 7) is 4.32. The van der Waals surface area contributed by atoms with Crippen molar-refractivity contribution >= 4 is 34.3 Å². The molecule has 0 unspecified atom stereocenters. The van der Waals surface area contributed by atoms with Crippen LogP contribution in [0.4, 0.5) is 11.4 Å². The summed E-state index contributed by atoms with van der Waals surface area (Å²) in [5, 5.41) is 7.88. The number of carbonyl (C=O) groups is 2. The fraction of sp³-hybridized carbons (Fsp3) is 0.500. The lowest BCUT2D eigenvalue weighted by molar-refractivity contribution is -0.111. The number of anilines is 2. The van der Waals surface area contributed by atoms with Crippen LogP contribution >= 0.6 is 0 Å². The van der Waals surface area contributed by atoms with Gasteiger partial charge in [0.25, 0.3) is 11.8 Å². The van der Waals surface area contributed by atoms with Gasteiger partial charge in [-0.2, -0.15) is 0 Å². The molecule has 0 bridgehead atoms. The third-order valence-corrected chi connectivity index (χ3v) is 4.91. The molecule has 4 heteroatoms. The van der Waals surface area contributed by atoms with Gasteiger partial charge in [-0.15, -0.1) is 0 Å². The number of hydrogen-bond acceptors (Lipinski definition) is 2. The third kappa shape index (κ3) is 3.10. The Balaban J connectivity index is 1.98. The van der Waals surface area contributed by atoms with E-state index >= 15 is 0 Å². The predicted molar refractivity (Wildman–Crippen MR) is 98.1 cm³/mol. The van der Waals surface area contributed by atoms with Gasteiger partial charge in [-0.05, 0) is 37.8 Å². The number of nitrogens with one attached hydrogen (secondary N) is 2. The summed E-state index contributed by atoms with van der Waals surface area (Å²) in [7, 11) is 0. The van der Waals surface area contributed by atoms with E-state index in [1.807, 2.05) is 12.1 Å². The van der Waals surface area contributed by atoms with Gasteiger partial charge in [0.2, 0.25) is 0 Å². The highest BCUT2D eigenvalue weighted by atomic mass is 16.2. The molecule has 0 spiro atoms. The van der Waals surface area contributed by atoms with Crippen molar-refractivity contribution in [3.05, 3.63) is 22.6 Å². The van der Waals surface area contributed by atoms with Gasteiger partial charge < -0.3 is 10.6 Å². The van der Waals surface area contributed by atoms with Gasteiger partial charge in [-0.3, -0.25) is 9.59 Å². The van der Waals surface area contributed by atoms with Crippen LogP contribution in [-0.4, -0.2) is 11.8 Å². The standard InChI is InChI=1S/C20H26N2O2/c1-3-5-7-9-13-15-11-18-16(12-17(15)21-19(13)23)14(20(24)22-18)10-8-6-4-2/h11-12H,3-10H2,1-2H3,(H,21,23)(H,22,24). The molecule has 2 aliphatic rings. The first-order chi connectivity index (χ1) is 11.7. The van der Waals surface area contributed by atoms with Crippen LogP contribution in [0.2, 0.25) is 0 Å². The third-order valence-electron chi connectivity index (χ3n) is 4.91. The number of hydrogen-bond donors (Lipinski definition) is 2. The number of unbranched alkanes of at least 4 members (excludes halogenated alkanes) is 4. The van der Waals surface area contributed by atoms with Crippen molar-refractivity contribution in [2.45, 2.75) is 65.2 Å². The summed E-state index contributed by atoms with van der Waals surface area (Å²) in [4.78, 5) is 24.5. The minimum atomic E-state index is 0.0173. The van der Waals surface area contributed by atoms with Crippen LogP contribution in [0.25, 0.3) is 11.1 Å². The summed E-state index contributed by atoms with van der Waals surface area (Å²) in [6, 6.07) is 3.96. The number of carbonyl (C=O) groups excluding carboxylic acids is 2. The number of fused-ring (bicyclic) bond motifs is 2. The molecule has 2 N–H and O–H groups in total. The van der Waals surface area contributed by atoms with Gasteiger partial charge in [-0.25, -0.2) is 0 Å². The Labute approximate surface area is 143 Å². The van der Waals surface area contributed by atoms with Crippen LogP contribution in [0.5, 0.6) is 0 Å². The Kier molecular flexibility index (Phi) is 5.03. The highest BCUT2D eigenvalue weighted by Gasteiger charge is 2.25. The smallest absolute Gasteiger partial charge is 0.252 e. The van der Waals surface area contributed by atoms with Crippen molar-refractivity contribution in [1.82, 2.24) is 0 Å². The molecule has 4 nitrogen and oxygen atoms in total. The molecule has 0 radical (unpaired) electrons. The first kappa shape index (κ1) is 16.7. The summed E-state index contributed by atoms with van der Waals surface area (Å²) < 4.78 is 0. The summed E-state index contributed by atoms with van der Waals surface area (Å²) in [5.74, 6) is 0.0345. The van der Waals surface area contributed by atoms with E-state index in [4.69, 9.17) is 0 Å². The first-order valence-corrected chi connectivity index (χ1v) is 9.18. The SMILES string of the molecule is CCCCCC1=c2cc3c(cc2NC1=O)=C(CCCCC)C(=O)N3. The lowest BCUT2D eigenvalue weighted by Crippen LogP contribution is -2.12. The van der Waals surface area contributed by atoms with E-state index in [-0.39, 0.29) is 11.8 Å². The van der Waals surface area contributed by atoms with Gasteiger partial charge in [-0.1, -0.05) is 39.5 Å². The average Bonchev–Trinajstić information content (AvgIpc) is 3.02. The Morgan fingerprint density at radius 3 is 1.50 bits per heavy atom. The van der Waals surface area contributed by atoms with E-state index in [0.717, 1.165) is 84.3 Å². The van der Waals surface area contributed by atoms with Crippen LogP contribution in [0.15, 0.2) is 12.1 Å². The molecule has 0 atom stereocenters. The summed E-state index contributed by atoms with van der Waals surface area (Å²) in [6.07, 6.45) is 8.18. The molecule has 0 aromatic heterocycles. The maximum Gasteiger partial charge on any atom is 0.252 e. The normalized spacial score (nSPS) is 15.4. The van der Waals surface area contributed by atoms with Crippen molar-refractivity contribution in [3.8, 4) is 0 Å². The van der Waals surface area contributed by atoms with E-state index in [0.29, 0.717) is 0 Å². The minimum absolute atomic E-state index is 0.0173. The highest BCUT2D eigenvalue weighted by Crippen LogP contribution is 2.22. The van der Waals surface area contributed by atoms with Gasteiger partial charge >= 0.3 is 0 Å². The zero-order valence-electron chi connectivity index (χ0n) is 14.6. The second kappa shape index (κ2) is 7.20. The van der Waals surface area contributed by atoms with Crippen molar-refractivity contribution in [3.63, 3.8) is 0 Å². The molecule has 0 saturated heterocycles. The van der Waals surface area contributed by atoms with Crippen LogP contribution < -0.4 is 21.1 Å². The van der Waals surface area contributed by atoms with Gasteiger partial charge in [0.1, 0.15) is 0 Å². The van der Waals surface area contributed by atoms with E-state index in [1.165, 1.54) is 0 Å². The fourth-order valence-corrected chi connectivity index (χ4v) is 3.55. The van der Waals surface area contributed by atoms with Crippen molar-refractivity contribution < 1.29 is 9.59 Å². The summed E-state index contributed by atoms with van der Waals surface area (Å²) >= 11 is 0. The zero-order valence-corrected chi connectivity index (χ0v) is 14.6. The van der Waals surface area contributed by atoms with E-state index < -0.39 is 0 Å². The van der Waals surface area contributed by atoms with Crippen LogP contribution in [0, 0.1) is 0 Å². The van der Waals surface area contributed by atoms with Crippen LogP contribution in [0.3, 0.4) is 0 Å². The molecule has 24 heavy (non-hydrogen) atoms. The Morgan fingerprint density at radius 2 is 1.12 bits per heavy atom. The number of benzene rings is 1. The van der Waals surface area contributed by atoms with Crippen molar-refractivity contribution in [2.24, 2.45) is 0 Å². The Morgan fingerprint density at radius 1 is 0.708 bits per heavy atom. The lowest BCUT2D eigenvalue weighted by atomic mass is 10.0. The maximum absolute atomic E-state index is 12.3. The van der Waals surface area contributed by atoms with Gasteiger partial charge in [0.05, 0.1) is 0 Å². The fourth-order valence-electron chi connectivity index (χ4n) is 3.55. The highest BCUT2D eigenvalue weighted by molar-refractivity contribution is 6.26. The average molecular weight is 326 g/mol. The molecule has 0 fully saturated rings. The molecule has 1 aromatic carbocycles. The molecule has 3 rings (SSSR count).